The van der Waals surface area contributed by atoms with E-state index < -0.39 is 6.10 Å². The number of aliphatic hydroxyl groups is 1. The predicted molar refractivity (Wildman–Crippen MR) is 70.9 cm³/mol. The SMILES string of the molecule is Cc1ccc(OCC(O)CNCc2ccno2)cc1. The summed E-state index contributed by atoms with van der Waals surface area (Å²) in [6.07, 6.45) is 1.03. The Balaban J connectivity index is 1.64. The van der Waals surface area contributed by atoms with Crippen molar-refractivity contribution in [3.05, 3.63) is 47.9 Å². The standard InChI is InChI=1S/C14H18N2O3/c1-11-2-4-13(5-3-11)18-10-12(17)8-15-9-14-6-7-16-19-14/h2-7,12,15,17H,8-10H2,1H3. The van der Waals surface area contributed by atoms with E-state index in [1.807, 2.05) is 31.2 Å². The second kappa shape index (κ2) is 6.92. The van der Waals surface area contributed by atoms with Gasteiger partial charge in [-0.2, -0.15) is 0 Å². The van der Waals surface area contributed by atoms with Gasteiger partial charge < -0.3 is 19.7 Å². The number of rotatable bonds is 7. The fourth-order valence-electron chi connectivity index (χ4n) is 1.58. The molecule has 0 bridgehead atoms. The minimum Gasteiger partial charge on any atom is -0.491 e. The Bertz CT molecular complexity index is 468. The molecule has 1 heterocycles. The van der Waals surface area contributed by atoms with Crippen LogP contribution in [0, 0.1) is 6.92 Å². The summed E-state index contributed by atoms with van der Waals surface area (Å²) in [6, 6.07) is 9.52. The molecule has 0 aliphatic carbocycles. The van der Waals surface area contributed by atoms with Gasteiger partial charge in [-0.15, -0.1) is 0 Å². The lowest BCUT2D eigenvalue weighted by atomic mass is 10.2. The van der Waals surface area contributed by atoms with E-state index in [9.17, 15) is 5.11 Å². The Kier molecular flexibility index (Phi) is 4.94. The molecule has 1 atom stereocenters. The molecule has 0 amide bonds. The summed E-state index contributed by atoms with van der Waals surface area (Å²) in [5.41, 5.74) is 1.18. The van der Waals surface area contributed by atoms with E-state index in [2.05, 4.69) is 10.5 Å². The molecule has 5 heteroatoms. The Morgan fingerprint density at radius 3 is 2.79 bits per heavy atom. The van der Waals surface area contributed by atoms with E-state index in [1.54, 1.807) is 12.3 Å². The molecule has 1 unspecified atom stereocenters. The molecule has 5 nitrogen and oxygen atoms in total. The highest BCUT2D eigenvalue weighted by atomic mass is 16.5. The lowest BCUT2D eigenvalue weighted by Crippen LogP contribution is -2.31. The van der Waals surface area contributed by atoms with Crippen LogP contribution in [-0.4, -0.2) is 29.5 Å². The first-order valence-corrected chi connectivity index (χ1v) is 6.22. The van der Waals surface area contributed by atoms with Crippen LogP contribution in [0.2, 0.25) is 0 Å². The Morgan fingerprint density at radius 2 is 2.11 bits per heavy atom. The first-order chi connectivity index (χ1) is 9.24. The maximum absolute atomic E-state index is 9.76. The van der Waals surface area contributed by atoms with Crippen LogP contribution in [0.1, 0.15) is 11.3 Å². The van der Waals surface area contributed by atoms with Crippen LogP contribution in [0.15, 0.2) is 41.1 Å². The largest absolute Gasteiger partial charge is 0.491 e. The Labute approximate surface area is 112 Å². The lowest BCUT2D eigenvalue weighted by molar-refractivity contribution is 0.105. The highest BCUT2D eigenvalue weighted by Gasteiger charge is 2.05. The molecule has 19 heavy (non-hydrogen) atoms. The van der Waals surface area contributed by atoms with E-state index in [0.29, 0.717) is 13.1 Å². The first kappa shape index (κ1) is 13.6. The number of hydrogen-bond donors (Lipinski definition) is 2. The van der Waals surface area contributed by atoms with Crippen molar-refractivity contribution in [2.45, 2.75) is 19.6 Å². The van der Waals surface area contributed by atoms with Crippen LogP contribution in [0.5, 0.6) is 5.75 Å². The molecule has 1 aromatic carbocycles. The van der Waals surface area contributed by atoms with Crippen molar-refractivity contribution >= 4 is 0 Å². The van der Waals surface area contributed by atoms with Crippen LogP contribution < -0.4 is 10.1 Å². The zero-order valence-electron chi connectivity index (χ0n) is 10.9. The quantitative estimate of drug-likeness (QED) is 0.791. The van der Waals surface area contributed by atoms with E-state index in [4.69, 9.17) is 9.26 Å². The molecule has 0 radical (unpaired) electrons. The molecular formula is C14H18N2O3. The molecule has 0 aliphatic heterocycles. The fourth-order valence-corrected chi connectivity index (χ4v) is 1.58. The molecule has 0 saturated heterocycles. The highest BCUT2D eigenvalue weighted by Crippen LogP contribution is 2.11. The van der Waals surface area contributed by atoms with Gasteiger partial charge in [0.2, 0.25) is 0 Å². The summed E-state index contributed by atoms with van der Waals surface area (Å²) in [5.74, 6) is 1.51. The topological polar surface area (TPSA) is 67.5 Å². The van der Waals surface area contributed by atoms with Gasteiger partial charge in [0.15, 0.2) is 0 Å². The van der Waals surface area contributed by atoms with Gasteiger partial charge in [0.1, 0.15) is 24.2 Å². The van der Waals surface area contributed by atoms with Gasteiger partial charge in [-0.05, 0) is 19.1 Å². The summed E-state index contributed by atoms with van der Waals surface area (Å²) >= 11 is 0. The number of aromatic nitrogens is 1. The summed E-state index contributed by atoms with van der Waals surface area (Å²) in [5, 5.41) is 16.4. The molecule has 2 N–H and O–H groups in total. The van der Waals surface area contributed by atoms with E-state index >= 15 is 0 Å². The smallest absolute Gasteiger partial charge is 0.150 e. The van der Waals surface area contributed by atoms with Gasteiger partial charge in [-0.3, -0.25) is 0 Å². The van der Waals surface area contributed by atoms with Crippen molar-refractivity contribution in [2.24, 2.45) is 0 Å². The number of hydrogen-bond acceptors (Lipinski definition) is 5. The first-order valence-electron chi connectivity index (χ1n) is 6.22. The van der Waals surface area contributed by atoms with Gasteiger partial charge in [0.05, 0.1) is 12.7 Å². The lowest BCUT2D eigenvalue weighted by Gasteiger charge is -2.12. The van der Waals surface area contributed by atoms with Gasteiger partial charge in [-0.1, -0.05) is 22.9 Å². The summed E-state index contributed by atoms with van der Waals surface area (Å²) in [7, 11) is 0. The minimum atomic E-state index is -0.566. The molecule has 0 aliphatic rings. The van der Waals surface area contributed by atoms with Crippen molar-refractivity contribution in [1.29, 1.82) is 0 Å². The van der Waals surface area contributed by atoms with Crippen LogP contribution in [-0.2, 0) is 6.54 Å². The van der Waals surface area contributed by atoms with Gasteiger partial charge in [-0.25, -0.2) is 0 Å². The molecule has 0 spiro atoms. The van der Waals surface area contributed by atoms with Crippen LogP contribution in [0.25, 0.3) is 0 Å². The zero-order chi connectivity index (χ0) is 13.5. The van der Waals surface area contributed by atoms with Crippen molar-refractivity contribution < 1.29 is 14.4 Å². The second-order valence-electron chi connectivity index (χ2n) is 4.39. The van der Waals surface area contributed by atoms with E-state index in [1.165, 1.54) is 5.56 Å². The Hall–Kier alpha value is -1.85. The minimum absolute atomic E-state index is 0.256. The summed E-state index contributed by atoms with van der Waals surface area (Å²) in [6.45, 7) is 3.26. The van der Waals surface area contributed by atoms with Gasteiger partial charge in [0, 0.05) is 12.6 Å². The zero-order valence-corrected chi connectivity index (χ0v) is 10.9. The number of aliphatic hydroxyl groups excluding tert-OH is 1. The van der Waals surface area contributed by atoms with Gasteiger partial charge in [0.25, 0.3) is 0 Å². The van der Waals surface area contributed by atoms with Crippen molar-refractivity contribution in [3.8, 4) is 5.75 Å². The van der Waals surface area contributed by atoms with Crippen LogP contribution in [0.4, 0.5) is 0 Å². The number of nitrogens with one attached hydrogen (secondary N) is 1. The average Bonchev–Trinajstić information content (AvgIpc) is 2.91. The third-order valence-electron chi connectivity index (χ3n) is 2.63. The summed E-state index contributed by atoms with van der Waals surface area (Å²) in [4.78, 5) is 0. The Morgan fingerprint density at radius 1 is 1.32 bits per heavy atom. The van der Waals surface area contributed by atoms with E-state index in [-0.39, 0.29) is 6.61 Å². The number of nitrogens with zero attached hydrogens (tertiary/aromatic N) is 1. The van der Waals surface area contributed by atoms with Crippen molar-refractivity contribution in [1.82, 2.24) is 10.5 Å². The number of aryl methyl sites for hydroxylation is 1. The number of benzene rings is 1. The van der Waals surface area contributed by atoms with Gasteiger partial charge >= 0.3 is 0 Å². The van der Waals surface area contributed by atoms with Crippen LogP contribution in [0.3, 0.4) is 0 Å². The maximum Gasteiger partial charge on any atom is 0.150 e. The highest BCUT2D eigenvalue weighted by molar-refractivity contribution is 5.26. The van der Waals surface area contributed by atoms with Crippen molar-refractivity contribution in [2.75, 3.05) is 13.2 Å². The number of ether oxygens (including phenoxy) is 1. The van der Waals surface area contributed by atoms with Crippen molar-refractivity contribution in [3.63, 3.8) is 0 Å². The normalized spacial score (nSPS) is 12.3. The molecule has 2 aromatic rings. The molecule has 0 fully saturated rings. The second-order valence-corrected chi connectivity index (χ2v) is 4.39. The monoisotopic (exact) mass is 262 g/mol. The average molecular weight is 262 g/mol. The fraction of sp³-hybridized carbons (Fsp3) is 0.357. The van der Waals surface area contributed by atoms with E-state index in [0.717, 1.165) is 11.5 Å². The summed E-state index contributed by atoms with van der Waals surface area (Å²) < 4.78 is 10.4. The third kappa shape index (κ3) is 4.73. The molecule has 2 rings (SSSR count). The molecule has 1 aromatic heterocycles. The third-order valence-corrected chi connectivity index (χ3v) is 2.63. The predicted octanol–water partition coefficient (Wildman–Crippen LogP) is 1.51. The van der Waals surface area contributed by atoms with Crippen LogP contribution >= 0.6 is 0 Å². The molecule has 0 saturated carbocycles. The molecule has 102 valence electrons. The molecular weight excluding hydrogens is 244 g/mol. The maximum atomic E-state index is 9.76.